The predicted molar refractivity (Wildman–Crippen MR) is 83.7 cm³/mol. The van der Waals surface area contributed by atoms with Gasteiger partial charge in [-0.05, 0) is 92.5 Å². The Bertz CT molecular complexity index is 516. The second-order valence-electron chi connectivity index (χ2n) is 7.44. The molecule has 4 fully saturated rings. The average Bonchev–Trinajstić information content (AvgIpc) is 2.45. The van der Waals surface area contributed by atoms with Gasteiger partial charge in [0.1, 0.15) is 5.82 Å². The summed E-state index contributed by atoms with van der Waals surface area (Å²) in [4.78, 5) is 0. The molecule has 0 heterocycles. The van der Waals surface area contributed by atoms with Crippen LogP contribution in [0, 0.1) is 35.4 Å². The Morgan fingerprint density at radius 1 is 1.10 bits per heavy atom. The van der Waals surface area contributed by atoms with Crippen LogP contribution < -0.4 is 5.32 Å². The molecule has 0 radical (unpaired) electrons. The number of nitrogens with one attached hydrogen (secondary N) is 1. The van der Waals surface area contributed by atoms with Crippen molar-refractivity contribution in [3.8, 4) is 0 Å². The highest BCUT2D eigenvalue weighted by Crippen LogP contribution is 2.59. The lowest BCUT2D eigenvalue weighted by molar-refractivity contribution is -0.0515. The van der Waals surface area contributed by atoms with Crippen LogP contribution in [0.4, 0.5) is 4.39 Å². The van der Waals surface area contributed by atoms with E-state index in [1.165, 1.54) is 38.2 Å². The highest BCUT2D eigenvalue weighted by molar-refractivity contribution is 6.31. The lowest BCUT2D eigenvalue weighted by Gasteiger charge is -2.56. The first-order valence-corrected chi connectivity index (χ1v) is 8.65. The zero-order valence-electron chi connectivity index (χ0n) is 12.5. The van der Waals surface area contributed by atoms with Gasteiger partial charge >= 0.3 is 0 Å². The first kappa shape index (κ1) is 14.0. The molecule has 4 aliphatic carbocycles. The molecule has 5 rings (SSSR count). The summed E-state index contributed by atoms with van der Waals surface area (Å²) in [6, 6.07) is 4.99. The van der Waals surface area contributed by atoms with Crippen molar-refractivity contribution in [2.75, 3.05) is 7.05 Å². The summed E-state index contributed by atoms with van der Waals surface area (Å²) in [6.45, 7) is 0. The first-order valence-electron chi connectivity index (χ1n) is 8.28. The fourth-order valence-electron chi connectivity index (χ4n) is 5.82. The van der Waals surface area contributed by atoms with E-state index in [0.29, 0.717) is 10.9 Å². The molecule has 1 nitrogen and oxygen atoms in total. The molecule has 1 aromatic rings. The van der Waals surface area contributed by atoms with Gasteiger partial charge in [-0.2, -0.15) is 0 Å². The molecule has 0 aliphatic heterocycles. The van der Waals surface area contributed by atoms with Crippen molar-refractivity contribution in [1.82, 2.24) is 5.32 Å². The highest BCUT2D eigenvalue weighted by atomic mass is 35.5. The number of halogens is 2. The molecule has 1 atom stereocenters. The van der Waals surface area contributed by atoms with E-state index in [4.69, 9.17) is 11.6 Å². The zero-order chi connectivity index (χ0) is 14.6. The molecule has 1 N–H and O–H groups in total. The van der Waals surface area contributed by atoms with Crippen LogP contribution in [0.2, 0.25) is 5.02 Å². The summed E-state index contributed by atoms with van der Waals surface area (Å²) in [5.74, 6) is 3.98. The molecule has 0 spiro atoms. The molecule has 4 saturated carbocycles. The lowest BCUT2D eigenvalue weighted by atomic mass is 9.50. The van der Waals surface area contributed by atoms with E-state index in [1.54, 1.807) is 12.1 Å². The van der Waals surface area contributed by atoms with Crippen LogP contribution in [0.1, 0.15) is 43.7 Å². The maximum Gasteiger partial charge on any atom is 0.123 e. The first-order chi connectivity index (χ1) is 10.2. The van der Waals surface area contributed by atoms with Crippen molar-refractivity contribution in [3.05, 3.63) is 34.6 Å². The van der Waals surface area contributed by atoms with Gasteiger partial charge in [-0.1, -0.05) is 11.6 Å². The molecular formula is C18H23ClFN. The Labute approximate surface area is 131 Å². The van der Waals surface area contributed by atoms with Gasteiger partial charge in [-0.3, -0.25) is 0 Å². The minimum Gasteiger partial charge on any atom is -0.313 e. The van der Waals surface area contributed by atoms with E-state index >= 15 is 0 Å². The maximum absolute atomic E-state index is 13.7. The predicted octanol–water partition coefficient (Wildman–Crippen LogP) is 4.81. The van der Waals surface area contributed by atoms with E-state index in [9.17, 15) is 4.39 Å². The van der Waals surface area contributed by atoms with Gasteiger partial charge in [0, 0.05) is 11.1 Å². The van der Waals surface area contributed by atoms with Crippen LogP contribution in [0.5, 0.6) is 0 Å². The molecule has 0 saturated heterocycles. The number of hydrogen-bond donors (Lipinski definition) is 1. The molecule has 1 unspecified atom stereocenters. The van der Waals surface area contributed by atoms with Crippen molar-refractivity contribution in [1.29, 1.82) is 0 Å². The van der Waals surface area contributed by atoms with Gasteiger partial charge in [-0.25, -0.2) is 4.39 Å². The third-order valence-corrected chi connectivity index (χ3v) is 6.63. The topological polar surface area (TPSA) is 12.0 Å². The molecule has 0 aromatic heterocycles. The van der Waals surface area contributed by atoms with Crippen LogP contribution in [-0.4, -0.2) is 7.05 Å². The van der Waals surface area contributed by atoms with E-state index in [2.05, 4.69) is 5.32 Å². The third kappa shape index (κ3) is 2.31. The summed E-state index contributed by atoms with van der Waals surface area (Å²) >= 11 is 6.38. The van der Waals surface area contributed by atoms with Crippen LogP contribution >= 0.6 is 11.6 Å². The van der Waals surface area contributed by atoms with Crippen LogP contribution in [-0.2, 0) is 0 Å². The minimum absolute atomic E-state index is 0.182. The molecule has 4 aliphatic rings. The van der Waals surface area contributed by atoms with Crippen molar-refractivity contribution in [2.24, 2.45) is 29.6 Å². The Morgan fingerprint density at radius 3 is 2.29 bits per heavy atom. The van der Waals surface area contributed by atoms with E-state index in [-0.39, 0.29) is 11.9 Å². The maximum atomic E-state index is 13.7. The second-order valence-corrected chi connectivity index (χ2v) is 7.85. The van der Waals surface area contributed by atoms with Crippen molar-refractivity contribution >= 4 is 11.6 Å². The molecule has 3 heteroatoms. The van der Waals surface area contributed by atoms with Crippen LogP contribution in [0.25, 0.3) is 0 Å². The summed E-state index contributed by atoms with van der Waals surface area (Å²) in [5, 5.41) is 4.16. The molecular weight excluding hydrogens is 285 g/mol. The Hall–Kier alpha value is -0.600. The fraction of sp³-hybridized carbons (Fsp3) is 0.667. The van der Waals surface area contributed by atoms with Gasteiger partial charge in [0.25, 0.3) is 0 Å². The average molecular weight is 308 g/mol. The molecule has 114 valence electrons. The van der Waals surface area contributed by atoms with Crippen molar-refractivity contribution in [2.45, 2.75) is 38.1 Å². The zero-order valence-corrected chi connectivity index (χ0v) is 13.2. The van der Waals surface area contributed by atoms with Gasteiger partial charge < -0.3 is 5.32 Å². The number of benzene rings is 1. The SMILES string of the molecule is CNC(c1cc(F)ccc1Cl)C1C2CC3CC(C2)CC1C3. The van der Waals surface area contributed by atoms with Gasteiger partial charge in [0.15, 0.2) is 0 Å². The van der Waals surface area contributed by atoms with Crippen LogP contribution in [0.15, 0.2) is 18.2 Å². The van der Waals surface area contributed by atoms with Crippen molar-refractivity contribution in [3.63, 3.8) is 0 Å². The lowest BCUT2D eigenvalue weighted by Crippen LogP contribution is -2.49. The molecule has 21 heavy (non-hydrogen) atoms. The molecule has 1 aromatic carbocycles. The fourth-order valence-corrected chi connectivity index (χ4v) is 6.05. The Balaban J connectivity index is 1.68. The van der Waals surface area contributed by atoms with Crippen LogP contribution in [0.3, 0.4) is 0 Å². The summed E-state index contributed by atoms with van der Waals surface area (Å²) in [7, 11) is 2.00. The van der Waals surface area contributed by atoms with Gasteiger partial charge in [-0.15, -0.1) is 0 Å². The quantitative estimate of drug-likeness (QED) is 0.845. The van der Waals surface area contributed by atoms with Gasteiger partial charge in [0.05, 0.1) is 0 Å². The smallest absolute Gasteiger partial charge is 0.123 e. The third-order valence-electron chi connectivity index (χ3n) is 6.29. The Kier molecular flexibility index (Phi) is 3.50. The second kappa shape index (κ2) is 5.24. The standard InChI is InChI=1S/C18H23ClFN/c1-21-18(15-9-14(20)2-3-16(15)19)17-12-5-10-4-11(7-12)8-13(17)6-10/h2-3,9-13,17-18,21H,4-8H2,1H3. The monoisotopic (exact) mass is 307 g/mol. The van der Waals surface area contributed by atoms with E-state index in [1.807, 2.05) is 7.05 Å². The number of hydrogen-bond acceptors (Lipinski definition) is 1. The molecule has 4 bridgehead atoms. The van der Waals surface area contributed by atoms with E-state index in [0.717, 1.165) is 29.2 Å². The summed E-state index contributed by atoms with van der Waals surface area (Å²) < 4.78 is 13.7. The molecule has 0 amide bonds. The Morgan fingerprint density at radius 2 is 1.71 bits per heavy atom. The summed E-state index contributed by atoms with van der Waals surface area (Å²) in [5.41, 5.74) is 0.955. The highest BCUT2D eigenvalue weighted by Gasteiger charge is 2.50. The minimum atomic E-state index is -0.182. The van der Waals surface area contributed by atoms with E-state index < -0.39 is 0 Å². The summed E-state index contributed by atoms with van der Waals surface area (Å²) in [6.07, 6.45) is 6.97. The van der Waals surface area contributed by atoms with Gasteiger partial charge in [0.2, 0.25) is 0 Å². The number of rotatable bonds is 3. The largest absolute Gasteiger partial charge is 0.313 e. The normalized spacial score (nSPS) is 38.7. The van der Waals surface area contributed by atoms with Crippen molar-refractivity contribution < 1.29 is 4.39 Å².